The van der Waals surface area contributed by atoms with Gasteiger partial charge in [-0.1, -0.05) is 0 Å². The molecular weight excluding hydrogens is 92.1 g/mol. The van der Waals surface area contributed by atoms with Crippen molar-refractivity contribution in [3.05, 3.63) is 17.9 Å². The first-order valence-corrected chi connectivity index (χ1v) is 2.04. The summed E-state index contributed by atoms with van der Waals surface area (Å²) in [5.74, 6) is 0.0139. The Morgan fingerprint density at radius 2 is 2.43 bits per heavy atom. The summed E-state index contributed by atoms with van der Waals surface area (Å²) in [5.41, 5.74) is 0.778. The quantitative estimate of drug-likeness (QED) is 0.530. The fraction of sp³-hybridized carbons (Fsp3) is 0.200. The molecule has 2 nitrogen and oxygen atoms in total. The molecule has 0 aromatic carbocycles. The molecule has 0 amide bonds. The normalized spacial score (nSPS) is 9.29. The Labute approximate surface area is 41.4 Å². The lowest BCUT2D eigenvalue weighted by molar-refractivity contribution is 0.329. The van der Waals surface area contributed by atoms with E-state index in [4.69, 9.17) is 5.11 Å². The first-order chi connectivity index (χ1) is 3.30. The molecule has 7 heavy (non-hydrogen) atoms. The number of hydrogen-bond donors (Lipinski definition) is 1. The molecule has 1 heterocycles. The standard InChI is InChI=1S/C5H6O2/c1-4-2-3-7-5(4)6/h2-3,6H,1H3. The lowest BCUT2D eigenvalue weighted by Gasteiger charge is -1.78. The van der Waals surface area contributed by atoms with Crippen LogP contribution in [0.3, 0.4) is 0 Å². The van der Waals surface area contributed by atoms with E-state index in [1.54, 1.807) is 13.0 Å². The molecular formula is C5H6O2. The SMILES string of the molecule is Cc1ccoc1O. The van der Waals surface area contributed by atoms with E-state index in [0.717, 1.165) is 5.56 Å². The van der Waals surface area contributed by atoms with Gasteiger partial charge >= 0.3 is 0 Å². The van der Waals surface area contributed by atoms with Gasteiger partial charge in [0.2, 0.25) is 0 Å². The molecule has 0 spiro atoms. The highest BCUT2D eigenvalue weighted by molar-refractivity contribution is 5.17. The maximum atomic E-state index is 8.59. The van der Waals surface area contributed by atoms with Crippen molar-refractivity contribution < 1.29 is 9.52 Å². The third-order valence-electron chi connectivity index (χ3n) is 0.835. The monoisotopic (exact) mass is 98.0 g/mol. The van der Waals surface area contributed by atoms with Crippen molar-refractivity contribution in [2.75, 3.05) is 0 Å². The molecule has 0 aliphatic carbocycles. The second kappa shape index (κ2) is 1.30. The molecule has 0 aliphatic heterocycles. The first-order valence-electron chi connectivity index (χ1n) is 2.04. The molecule has 0 fully saturated rings. The van der Waals surface area contributed by atoms with Gasteiger partial charge in [-0.2, -0.15) is 0 Å². The van der Waals surface area contributed by atoms with E-state index in [1.807, 2.05) is 0 Å². The van der Waals surface area contributed by atoms with Crippen molar-refractivity contribution in [2.24, 2.45) is 0 Å². The number of aromatic hydroxyl groups is 1. The van der Waals surface area contributed by atoms with Crippen LogP contribution in [0.25, 0.3) is 0 Å². The van der Waals surface area contributed by atoms with Crippen molar-refractivity contribution in [3.63, 3.8) is 0 Å². The topological polar surface area (TPSA) is 33.4 Å². The molecule has 1 aromatic rings. The van der Waals surface area contributed by atoms with Gasteiger partial charge in [-0.3, -0.25) is 0 Å². The lowest BCUT2D eigenvalue weighted by Crippen LogP contribution is -1.57. The number of aryl methyl sites for hydroxylation is 1. The van der Waals surface area contributed by atoms with Gasteiger partial charge in [0.05, 0.1) is 6.26 Å². The molecule has 0 unspecified atom stereocenters. The maximum Gasteiger partial charge on any atom is 0.284 e. The highest BCUT2D eigenvalue weighted by Crippen LogP contribution is 2.14. The number of furan rings is 1. The van der Waals surface area contributed by atoms with Crippen molar-refractivity contribution in [1.29, 1.82) is 0 Å². The van der Waals surface area contributed by atoms with Gasteiger partial charge in [-0.15, -0.1) is 0 Å². The second-order valence-corrected chi connectivity index (χ2v) is 1.41. The molecule has 0 bridgehead atoms. The minimum atomic E-state index is 0.0139. The molecule has 1 aromatic heterocycles. The van der Waals surface area contributed by atoms with E-state index in [0.29, 0.717) is 0 Å². The Bertz CT molecular complexity index is 138. The van der Waals surface area contributed by atoms with Crippen LogP contribution in [0.1, 0.15) is 5.56 Å². The van der Waals surface area contributed by atoms with E-state index in [-0.39, 0.29) is 5.95 Å². The summed E-state index contributed by atoms with van der Waals surface area (Å²) in [5, 5.41) is 8.59. The third-order valence-corrected chi connectivity index (χ3v) is 0.835. The van der Waals surface area contributed by atoms with Gasteiger partial charge in [-0.05, 0) is 13.0 Å². The molecule has 0 atom stereocenters. The van der Waals surface area contributed by atoms with Crippen LogP contribution in [-0.2, 0) is 0 Å². The molecule has 0 saturated carbocycles. The van der Waals surface area contributed by atoms with Gasteiger partial charge in [0.15, 0.2) is 0 Å². The summed E-state index contributed by atoms with van der Waals surface area (Å²) in [4.78, 5) is 0. The van der Waals surface area contributed by atoms with Crippen LogP contribution in [0.2, 0.25) is 0 Å². The Morgan fingerprint density at radius 3 is 2.57 bits per heavy atom. The summed E-state index contributed by atoms with van der Waals surface area (Å²) < 4.78 is 4.52. The molecule has 1 N–H and O–H groups in total. The summed E-state index contributed by atoms with van der Waals surface area (Å²) in [7, 11) is 0. The van der Waals surface area contributed by atoms with Crippen LogP contribution in [-0.4, -0.2) is 5.11 Å². The number of hydrogen-bond acceptors (Lipinski definition) is 2. The fourth-order valence-electron chi connectivity index (χ4n) is 0.365. The smallest absolute Gasteiger partial charge is 0.284 e. The number of rotatable bonds is 0. The minimum absolute atomic E-state index is 0.0139. The van der Waals surface area contributed by atoms with Crippen LogP contribution in [0.15, 0.2) is 16.7 Å². The Hall–Kier alpha value is -0.920. The molecule has 38 valence electrons. The van der Waals surface area contributed by atoms with Crippen molar-refractivity contribution in [2.45, 2.75) is 6.92 Å². The highest BCUT2D eigenvalue weighted by Gasteiger charge is 1.92. The molecule has 0 radical (unpaired) electrons. The average molecular weight is 98.1 g/mol. The van der Waals surface area contributed by atoms with Crippen LogP contribution >= 0.6 is 0 Å². The Morgan fingerprint density at radius 1 is 1.71 bits per heavy atom. The summed E-state index contributed by atoms with van der Waals surface area (Å²) in [6.07, 6.45) is 1.45. The zero-order valence-corrected chi connectivity index (χ0v) is 4.01. The predicted molar refractivity (Wildman–Crippen MR) is 25.1 cm³/mol. The Kier molecular flexibility index (Phi) is 0.785. The lowest BCUT2D eigenvalue weighted by atomic mass is 10.4. The molecule has 2 heteroatoms. The van der Waals surface area contributed by atoms with Crippen molar-refractivity contribution in [1.82, 2.24) is 0 Å². The van der Waals surface area contributed by atoms with Gasteiger partial charge in [0, 0.05) is 5.56 Å². The third kappa shape index (κ3) is 0.585. The summed E-state index contributed by atoms with van der Waals surface area (Å²) in [6, 6.07) is 1.70. The van der Waals surface area contributed by atoms with Crippen molar-refractivity contribution in [3.8, 4) is 5.95 Å². The zero-order valence-electron chi connectivity index (χ0n) is 4.01. The van der Waals surface area contributed by atoms with Gasteiger partial charge in [0.1, 0.15) is 0 Å². The second-order valence-electron chi connectivity index (χ2n) is 1.41. The minimum Gasteiger partial charge on any atom is -0.481 e. The highest BCUT2D eigenvalue weighted by atomic mass is 16.5. The fourth-order valence-corrected chi connectivity index (χ4v) is 0.365. The van der Waals surface area contributed by atoms with Crippen LogP contribution in [0.4, 0.5) is 0 Å². The van der Waals surface area contributed by atoms with Gasteiger partial charge < -0.3 is 9.52 Å². The van der Waals surface area contributed by atoms with Crippen LogP contribution in [0, 0.1) is 6.92 Å². The molecule has 0 aliphatic rings. The molecule has 0 saturated heterocycles. The van der Waals surface area contributed by atoms with Gasteiger partial charge in [0.25, 0.3) is 5.95 Å². The largest absolute Gasteiger partial charge is 0.481 e. The summed E-state index contributed by atoms with van der Waals surface area (Å²) >= 11 is 0. The molecule has 1 rings (SSSR count). The van der Waals surface area contributed by atoms with E-state index in [1.165, 1.54) is 6.26 Å². The van der Waals surface area contributed by atoms with E-state index < -0.39 is 0 Å². The van der Waals surface area contributed by atoms with Crippen LogP contribution in [0.5, 0.6) is 5.95 Å². The van der Waals surface area contributed by atoms with E-state index in [2.05, 4.69) is 4.42 Å². The average Bonchev–Trinajstić information content (AvgIpc) is 1.91. The van der Waals surface area contributed by atoms with E-state index >= 15 is 0 Å². The van der Waals surface area contributed by atoms with Gasteiger partial charge in [-0.25, -0.2) is 0 Å². The Balaban J connectivity index is 3.12. The predicted octanol–water partition coefficient (Wildman–Crippen LogP) is 1.29. The summed E-state index contributed by atoms with van der Waals surface area (Å²) in [6.45, 7) is 1.78. The van der Waals surface area contributed by atoms with Crippen molar-refractivity contribution >= 4 is 0 Å². The first kappa shape index (κ1) is 4.24. The van der Waals surface area contributed by atoms with E-state index in [9.17, 15) is 0 Å². The maximum absolute atomic E-state index is 8.59. The zero-order chi connectivity index (χ0) is 5.28. The van der Waals surface area contributed by atoms with Crippen LogP contribution < -0.4 is 0 Å².